The van der Waals surface area contributed by atoms with Gasteiger partial charge in [0.15, 0.2) is 0 Å². The minimum atomic E-state index is -0.152. The molecule has 2 aromatic rings. The second-order valence-electron chi connectivity index (χ2n) is 7.19. The van der Waals surface area contributed by atoms with Crippen molar-refractivity contribution in [2.45, 2.75) is 32.2 Å². The molecule has 0 radical (unpaired) electrons. The summed E-state index contributed by atoms with van der Waals surface area (Å²) in [6, 6.07) is 9.62. The van der Waals surface area contributed by atoms with Crippen LogP contribution in [-0.2, 0) is 20.7 Å². The van der Waals surface area contributed by atoms with Gasteiger partial charge >= 0.3 is 0 Å². The summed E-state index contributed by atoms with van der Waals surface area (Å²) in [5, 5.41) is 2.75. The quantitative estimate of drug-likeness (QED) is 0.627. The number of amides is 2. The monoisotopic (exact) mass is 434 g/mol. The number of benzene rings is 1. The highest BCUT2D eigenvalue weighted by atomic mass is 35.5. The van der Waals surface area contributed by atoms with E-state index < -0.39 is 0 Å². The van der Waals surface area contributed by atoms with Crippen molar-refractivity contribution in [3.63, 3.8) is 0 Å². The molecule has 29 heavy (non-hydrogen) atoms. The summed E-state index contributed by atoms with van der Waals surface area (Å²) in [7, 11) is 1.50. The molecule has 2 heterocycles. The predicted molar refractivity (Wildman–Crippen MR) is 116 cm³/mol. The number of thiophene rings is 1. The minimum absolute atomic E-state index is 0.00765. The van der Waals surface area contributed by atoms with Gasteiger partial charge in [0.2, 0.25) is 11.8 Å². The van der Waals surface area contributed by atoms with Crippen molar-refractivity contribution in [1.82, 2.24) is 9.80 Å². The first kappa shape index (κ1) is 21.8. The second-order valence-corrected chi connectivity index (χ2v) is 8.63. The Labute approximate surface area is 181 Å². The van der Waals surface area contributed by atoms with Crippen LogP contribution in [-0.4, -0.2) is 55.0 Å². The standard InChI is InChI=1S/C22H27ClN2O3S/c1-3-4-11-24(21(27)15-28-2)14-20(26)25-12-9-19-18(10-13-29-19)22(25)16-5-7-17(23)8-6-16/h5-8,10,13,22H,3-4,9,11-12,14-15H2,1-2H3. The first-order valence-corrected chi connectivity index (χ1v) is 11.2. The summed E-state index contributed by atoms with van der Waals surface area (Å²) in [5.74, 6) is -0.187. The first-order chi connectivity index (χ1) is 14.0. The maximum atomic E-state index is 13.3. The average Bonchev–Trinajstić information content (AvgIpc) is 3.20. The molecule has 0 saturated heterocycles. The highest BCUT2D eigenvalue weighted by Gasteiger charge is 2.33. The van der Waals surface area contributed by atoms with E-state index in [9.17, 15) is 9.59 Å². The molecular formula is C22H27ClN2O3S. The topological polar surface area (TPSA) is 49.9 Å². The number of nitrogens with zero attached hydrogens (tertiary/aromatic N) is 2. The first-order valence-electron chi connectivity index (χ1n) is 9.93. The SMILES string of the molecule is CCCCN(CC(=O)N1CCc2sccc2C1c1ccc(Cl)cc1)C(=O)COC. The van der Waals surface area contributed by atoms with Gasteiger partial charge in [-0.3, -0.25) is 9.59 Å². The summed E-state index contributed by atoms with van der Waals surface area (Å²) in [4.78, 5) is 30.6. The van der Waals surface area contributed by atoms with Gasteiger partial charge in [-0.05, 0) is 47.5 Å². The Morgan fingerprint density at radius 3 is 2.72 bits per heavy atom. The number of methoxy groups -OCH3 is 1. The normalized spacial score (nSPS) is 15.8. The van der Waals surface area contributed by atoms with Crippen LogP contribution in [0.2, 0.25) is 5.02 Å². The van der Waals surface area contributed by atoms with Crippen molar-refractivity contribution in [2.75, 3.05) is 33.4 Å². The number of hydrogen-bond acceptors (Lipinski definition) is 4. The highest BCUT2D eigenvalue weighted by molar-refractivity contribution is 7.10. The zero-order valence-corrected chi connectivity index (χ0v) is 18.5. The van der Waals surface area contributed by atoms with E-state index in [1.165, 1.54) is 17.6 Å². The largest absolute Gasteiger partial charge is 0.375 e. The van der Waals surface area contributed by atoms with Crippen molar-refractivity contribution >= 4 is 34.8 Å². The van der Waals surface area contributed by atoms with E-state index in [0.29, 0.717) is 18.1 Å². The third kappa shape index (κ3) is 5.18. The number of hydrogen-bond donors (Lipinski definition) is 0. The van der Waals surface area contributed by atoms with Gasteiger partial charge < -0.3 is 14.5 Å². The Morgan fingerprint density at radius 2 is 2.03 bits per heavy atom. The smallest absolute Gasteiger partial charge is 0.249 e. The van der Waals surface area contributed by atoms with E-state index in [-0.39, 0.29) is 31.0 Å². The summed E-state index contributed by atoms with van der Waals surface area (Å²) >= 11 is 7.81. The van der Waals surface area contributed by atoms with Crippen LogP contribution in [0, 0.1) is 0 Å². The maximum absolute atomic E-state index is 13.3. The van der Waals surface area contributed by atoms with E-state index >= 15 is 0 Å². The van der Waals surface area contributed by atoms with Crippen LogP contribution >= 0.6 is 22.9 Å². The number of fused-ring (bicyclic) bond motifs is 1. The van der Waals surface area contributed by atoms with Crippen LogP contribution in [0.15, 0.2) is 35.7 Å². The third-order valence-corrected chi connectivity index (χ3v) is 6.45. The molecule has 1 aromatic carbocycles. The fourth-order valence-corrected chi connectivity index (χ4v) is 4.73. The number of unbranched alkanes of at least 4 members (excludes halogenated alkanes) is 1. The lowest BCUT2D eigenvalue weighted by molar-refractivity contribution is -0.143. The van der Waals surface area contributed by atoms with E-state index in [4.69, 9.17) is 16.3 Å². The molecule has 0 N–H and O–H groups in total. The third-order valence-electron chi connectivity index (χ3n) is 5.20. The van der Waals surface area contributed by atoms with Gasteiger partial charge in [0.25, 0.3) is 0 Å². The molecule has 7 heteroatoms. The Hall–Kier alpha value is -1.89. The van der Waals surface area contributed by atoms with Crippen LogP contribution in [0.3, 0.4) is 0 Å². The Kier molecular flexibility index (Phi) is 7.70. The van der Waals surface area contributed by atoms with Crippen LogP contribution in [0.4, 0.5) is 0 Å². The Bertz CT molecular complexity index is 837. The van der Waals surface area contributed by atoms with Crippen molar-refractivity contribution < 1.29 is 14.3 Å². The molecule has 1 aromatic heterocycles. The van der Waals surface area contributed by atoms with Crippen LogP contribution < -0.4 is 0 Å². The number of halogens is 1. The Balaban J connectivity index is 1.85. The Morgan fingerprint density at radius 1 is 1.28 bits per heavy atom. The van der Waals surface area contributed by atoms with Crippen molar-refractivity contribution in [1.29, 1.82) is 0 Å². The molecule has 1 atom stereocenters. The molecule has 0 fully saturated rings. The molecule has 0 spiro atoms. The molecule has 2 amide bonds. The van der Waals surface area contributed by atoms with Gasteiger partial charge in [0.1, 0.15) is 6.61 Å². The van der Waals surface area contributed by atoms with Crippen LogP contribution in [0.25, 0.3) is 0 Å². The lowest BCUT2D eigenvalue weighted by atomic mass is 9.93. The second kappa shape index (κ2) is 10.2. The van der Waals surface area contributed by atoms with Gasteiger partial charge in [0, 0.05) is 30.1 Å². The molecule has 1 unspecified atom stereocenters. The van der Waals surface area contributed by atoms with Gasteiger partial charge in [-0.15, -0.1) is 11.3 Å². The van der Waals surface area contributed by atoms with E-state index in [0.717, 1.165) is 24.8 Å². The zero-order chi connectivity index (χ0) is 20.8. The number of rotatable bonds is 8. The fourth-order valence-electron chi connectivity index (χ4n) is 3.70. The number of carbonyl (C=O) groups is 2. The van der Waals surface area contributed by atoms with Gasteiger partial charge in [-0.1, -0.05) is 37.1 Å². The molecule has 0 aliphatic carbocycles. The van der Waals surface area contributed by atoms with E-state index in [1.54, 1.807) is 16.2 Å². The molecule has 5 nitrogen and oxygen atoms in total. The zero-order valence-electron chi connectivity index (χ0n) is 16.9. The predicted octanol–water partition coefficient (Wildman–Crippen LogP) is 4.15. The maximum Gasteiger partial charge on any atom is 0.249 e. The number of ether oxygens (including phenoxy) is 1. The molecule has 0 saturated carbocycles. The molecule has 1 aliphatic rings. The molecule has 1 aliphatic heterocycles. The molecular weight excluding hydrogens is 408 g/mol. The molecule has 3 rings (SSSR count). The average molecular weight is 435 g/mol. The summed E-state index contributed by atoms with van der Waals surface area (Å²) in [6.45, 7) is 3.34. The van der Waals surface area contributed by atoms with E-state index in [1.807, 2.05) is 29.2 Å². The van der Waals surface area contributed by atoms with Crippen molar-refractivity contribution in [2.24, 2.45) is 0 Å². The molecule has 156 valence electrons. The summed E-state index contributed by atoms with van der Waals surface area (Å²) < 4.78 is 5.00. The molecule has 0 bridgehead atoms. The van der Waals surface area contributed by atoms with Gasteiger partial charge in [-0.25, -0.2) is 0 Å². The lowest BCUT2D eigenvalue weighted by Gasteiger charge is -2.37. The van der Waals surface area contributed by atoms with Gasteiger partial charge in [-0.2, -0.15) is 0 Å². The minimum Gasteiger partial charge on any atom is -0.375 e. The van der Waals surface area contributed by atoms with Crippen molar-refractivity contribution in [3.05, 3.63) is 56.7 Å². The van der Waals surface area contributed by atoms with Crippen LogP contribution in [0.5, 0.6) is 0 Å². The lowest BCUT2D eigenvalue weighted by Crippen LogP contribution is -2.47. The fraction of sp³-hybridized carbons (Fsp3) is 0.455. The van der Waals surface area contributed by atoms with Crippen molar-refractivity contribution in [3.8, 4) is 0 Å². The van der Waals surface area contributed by atoms with Gasteiger partial charge in [0.05, 0.1) is 12.6 Å². The van der Waals surface area contributed by atoms with E-state index in [2.05, 4.69) is 18.4 Å². The van der Waals surface area contributed by atoms with Crippen LogP contribution in [0.1, 0.15) is 41.8 Å². The summed E-state index contributed by atoms with van der Waals surface area (Å²) in [5.41, 5.74) is 2.20. The highest BCUT2D eigenvalue weighted by Crippen LogP contribution is 2.38. The number of carbonyl (C=O) groups excluding carboxylic acids is 2. The summed E-state index contributed by atoms with van der Waals surface area (Å²) in [6.07, 6.45) is 2.65.